The van der Waals surface area contributed by atoms with Crippen molar-refractivity contribution in [1.82, 2.24) is 0 Å². The van der Waals surface area contributed by atoms with Crippen LogP contribution in [0.15, 0.2) is 15.0 Å². The second-order valence-corrected chi connectivity index (χ2v) is 4.21. The summed E-state index contributed by atoms with van der Waals surface area (Å²) in [7, 11) is 1.57. The Morgan fingerprint density at radius 3 is 2.54 bits per heavy atom. The molecule has 0 bridgehead atoms. The molecule has 2 nitrogen and oxygen atoms in total. The van der Waals surface area contributed by atoms with Gasteiger partial charge in [0.25, 0.3) is 0 Å². The van der Waals surface area contributed by atoms with E-state index in [2.05, 4.69) is 31.9 Å². The van der Waals surface area contributed by atoms with E-state index in [1.165, 1.54) is 0 Å². The van der Waals surface area contributed by atoms with Crippen LogP contribution in [-0.4, -0.2) is 12.2 Å². The molecular weight excluding hydrogens is 300 g/mol. The Balaban J connectivity index is 3.37. The Morgan fingerprint density at radius 1 is 1.46 bits per heavy atom. The minimum absolute atomic E-state index is 0.252. The van der Waals surface area contributed by atoms with Gasteiger partial charge in [0.05, 0.1) is 11.6 Å². The van der Waals surface area contributed by atoms with E-state index in [9.17, 15) is 5.11 Å². The maximum Gasteiger partial charge on any atom is 0.150 e. The normalized spacial score (nSPS) is 10.2. The molecule has 0 aliphatic carbocycles. The standard InChI is InChI=1S/C9H10Br2O2/c1-3-5-4-6(10)9(13-2)7(11)8(5)12/h4,12H,3H2,1-2H3. The van der Waals surface area contributed by atoms with Gasteiger partial charge in [-0.2, -0.15) is 0 Å². The van der Waals surface area contributed by atoms with Crippen LogP contribution in [0.25, 0.3) is 0 Å². The largest absolute Gasteiger partial charge is 0.506 e. The molecule has 0 radical (unpaired) electrons. The van der Waals surface area contributed by atoms with Gasteiger partial charge < -0.3 is 9.84 Å². The summed E-state index contributed by atoms with van der Waals surface area (Å²) in [5.74, 6) is 0.872. The maximum atomic E-state index is 9.69. The second-order valence-electron chi connectivity index (χ2n) is 2.57. The Labute approximate surface area is 94.2 Å². The molecule has 0 aromatic heterocycles. The Hall–Kier alpha value is -0.220. The number of phenolic OH excluding ortho intramolecular Hbond substituents is 1. The summed E-state index contributed by atoms with van der Waals surface area (Å²) in [5, 5.41) is 9.69. The van der Waals surface area contributed by atoms with Crippen LogP contribution in [-0.2, 0) is 6.42 Å². The summed E-state index contributed by atoms with van der Waals surface area (Å²) in [6.07, 6.45) is 0.785. The van der Waals surface area contributed by atoms with Crippen molar-refractivity contribution >= 4 is 31.9 Å². The molecule has 0 spiro atoms. The zero-order valence-electron chi connectivity index (χ0n) is 7.40. The quantitative estimate of drug-likeness (QED) is 0.906. The van der Waals surface area contributed by atoms with Crippen LogP contribution in [0.4, 0.5) is 0 Å². The number of halogens is 2. The third kappa shape index (κ3) is 1.99. The molecule has 72 valence electrons. The SMILES string of the molecule is CCc1cc(Br)c(OC)c(Br)c1O. The van der Waals surface area contributed by atoms with Gasteiger partial charge in [-0.15, -0.1) is 0 Å². The van der Waals surface area contributed by atoms with Crippen LogP contribution in [0, 0.1) is 0 Å². The number of hydrogen-bond acceptors (Lipinski definition) is 2. The average Bonchev–Trinajstić information content (AvgIpc) is 2.12. The lowest BCUT2D eigenvalue weighted by atomic mass is 10.1. The number of ether oxygens (including phenoxy) is 1. The minimum Gasteiger partial charge on any atom is -0.506 e. The van der Waals surface area contributed by atoms with Gasteiger partial charge in [-0.25, -0.2) is 0 Å². The summed E-state index contributed by atoms with van der Waals surface area (Å²) in [6.45, 7) is 1.99. The first-order chi connectivity index (χ1) is 6.11. The highest BCUT2D eigenvalue weighted by molar-refractivity contribution is 9.11. The zero-order valence-corrected chi connectivity index (χ0v) is 10.6. The fourth-order valence-electron chi connectivity index (χ4n) is 1.10. The van der Waals surface area contributed by atoms with Crippen LogP contribution >= 0.6 is 31.9 Å². The van der Waals surface area contributed by atoms with E-state index >= 15 is 0 Å². The fraction of sp³-hybridized carbons (Fsp3) is 0.333. The topological polar surface area (TPSA) is 29.5 Å². The molecule has 0 saturated heterocycles. The van der Waals surface area contributed by atoms with Crippen molar-refractivity contribution in [2.75, 3.05) is 7.11 Å². The van der Waals surface area contributed by atoms with E-state index in [1.807, 2.05) is 13.0 Å². The van der Waals surface area contributed by atoms with Gasteiger partial charge in [0.15, 0.2) is 5.75 Å². The van der Waals surface area contributed by atoms with Crippen LogP contribution in [0.3, 0.4) is 0 Å². The number of benzene rings is 1. The van der Waals surface area contributed by atoms with Crippen molar-refractivity contribution < 1.29 is 9.84 Å². The highest BCUT2D eigenvalue weighted by Gasteiger charge is 2.13. The molecule has 1 N–H and O–H groups in total. The van der Waals surface area contributed by atoms with Gasteiger partial charge in [0, 0.05) is 0 Å². The van der Waals surface area contributed by atoms with Crippen LogP contribution in [0.5, 0.6) is 11.5 Å². The number of aryl methyl sites for hydroxylation is 1. The Bertz CT molecular complexity index is 324. The smallest absolute Gasteiger partial charge is 0.150 e. The molecule has 4 heteroatoms. The Kier molecular flexibility index (Phi) is 3.62. The predicted molar refractivity (Wildman–Crippen MR) is 59.4 cm³/mol. The molecule has 13 heavy (non-hydrogen) atoms. The first kappa shape index (κ1) is 10.9. The summed E-state index contributed by atoms with van der Waals surface area (Å²) < 4.78 is 6.54. The van der Waals surface area contributed by atoms with E-state index in [1.54, 1.807) is 7.11 Å². The highest BCUT2D eigenvalue weighted by Crippen LogP contribution is 2.41. The maximum absolute atomic E-state index is 9.69. The average molecular weight is 310 g/mol. The minimum atomic E-state index is 0.252. The molecule has 0 amide bonds. The number of hydrogen-bond donors (Lipinski definition) is 1. The fourth-order valence-corrected chi connectivity index (χ4v) is 2.63. The first-order valence-corrected chi connectivity index (χ1v) is 5.44. The van der Waals surface area contributed by atoms with Crippen molar-refractivity contribution in [1.29, 1.82) is 0 Å². The molecule has 0 fully saturated rings. The van der Waals surface area contributed by atoms with E-state index in [0.29, 0.717) is 10.2 Å². The summed E-state index contributed by atoms with van der Waals surface area (Å²) in [6, 6.07) is 1.86. The Morgan fingerprint density at radius 2 is 2.08 bits per heavy atom. The lowest BCUT2D eigenvalue weighted by Crippen LogP contribution is -1.90. The highest BCUT2D eigenvalue weighted by atomic mass is 79.9. The molecule has 0 aliphatic rings. The van der Waals surface area contributed by atoms with Gasteiger partial charge in [-0.1, -0.05) is 6.92 Å². The van der Waals surface area contributed by atoms with E-state index in [4.69, 9.17) is 4.74 Å². The van der Waals surface area contributed by atoms with Crippen LogP contribution in [0.1, 0.15) is 12.5 Å². The van der Waals surface area contributed by atoms with Gasteiger partial charge in [-0.05, 0) is 49.9 Å². The molecule has 0 atom stereocenters. The monoisotopic (exact) mass is 308 g/mol. The summed E-state index contributed by atoms with van der Waals surface area (Å²) in [4.78, 5) is 0. The molecule has 0 saturated carbocycles. The lowest BCUT2D eigenvalue weighted by molar-refractivity contribution is 0.399. The number of rotatable bonds is 2. The summed E-state index contributed by atoms with van der Waals surface area (Å²) in [5.41, 5.74) is 0.888. The molecule has 0 aliphatic heterocycles. The van der Waals surface area contributed by atoms with Gasteiger partial charge in [-0.3, -0.25) is 0 Å². The second kappa shape index (κ2) is 4.33. The molecule has 0 heterocycles. The van der Waals surface area contributed by atoms with Gasteiger partial charge >= 0.3 is 0 Å². The molecule has 1 rings (SSSR count). The van der Waals surface area contributed by atoms with Gasteiger partial charge in [0.2, 0.25) is 0 Å². The van der Waals surface area contributed by atoms with Gasteiger partial charge in [0.1, 0.15) is 10.2 Å². The molecule has 1 aromatic rings. The van der Waals surface area contributed by atoms with Crippen molar-refractivity contribution in [3.63, 3.8) is 0 Å². The van der Waals surface area contributed by atoms with E-state index in [-0.39, 0.29) is 5.75 Å². The first-order valence-electron chi connectivity index (χ1n) is 3.85. The molecule has 1 aromatic carbocycles. The van der Waals surface area contributed by atoms with E-state index in [0.717, 1.165) is 16.5 Å². The van der Waals surface area contributed by atoms with Crippen LogP contribution < -0.4 is 4.74 Å². The molecule has 0 unspecified atom stereocenters. The number of methoxy groups -OCH3 is 1. The van der Waals surface area contributed by atoms with E-state index < -0.39 is 0 Å². The van der Waals surface area contributed by atoms with Crippen molar-refractivity contribution in [3.8, 4) is 11.5 Å². The van der Waals surface area contributed by atoms with Crippen molar-refractivity contribution in [2.24, 2.45) is 0 Å². The third-order valence-corrected chi connectivity index (χ3v) is 3.14. The van der Waals surface area contributed by atoms with Crippen LogP contribution in [0.2, 0.25) is 0 Å². The molecular formula is C9H10Br2O2. The lowest BCUT2D eigenvalue weighted by Gasteiger charge is -2.10. The number of phenols is 1. The number of aromatic hydroxyl groups is 1. The summed E-state index contributed by atoms with van der Waals surface area (Å²) >= 11 is 6.64. The zero-order chi connectivity index (χ0) is 10.0. The van der Waals surface area contributed by atoms with Crippen molar-refractivity contribution in [3.05, 3.63) is 20.6 Å². The van der Waals surface area contributed by atoms with Crippen molar-refractivity contribution in [2.45, 2.75) is 13.3 Å². The predicted octanol–water partition coefficient (Wildman–Crippen LogP) is 3.49. The third-order valence-electron chi connectivity index (χ3n) is 1.81.